The molecule has 0 atom stereocenters. The Hall–Kier alpha value is -1.32. The van der Waals surface area contributed by atoms with Crippen LogP contribution in [0.1, 0.15) is 56.7 Å². The van der Waals surface area contributed by atoms with Gasteiger partial charge in [0.15, 0.2) is 0 Å². The Morgan fingerprint density at radius 1 is 1.05 bits per heavy atom. The van der Waals surface area contributed by atoms with Crippen molar-refractivity contribution < 1.29 is 0 Å². The van der Waals surface area contributed by atoms with E-state index in [9.17, 15) is 0 Å². The Morgan fingerprint density at radius 2 is 1.79 bits per heavy atom. The molecule has 104 valence electrons. The summed E-state index contributed by atoms with van der Waals surface area (Å²) in [5.74, 6) is 4.36. The van der Waals surface area contributed by atoms with Gasteiger partial charge in [-0.25, -0.2) is 9.97 Å². The molecular weight excluding hydrogens is 236 g/mol. The van der Waals surface area contributed by atoms with Gasteiger partial charge in [0.25, 0.3) is 0 Å². The van der Waals surface area contributed by atoms with Gasteiger partial charge in [0, 0.05) is 25.6 Å². The van der Waals surface area contributed by atoms with Crippen LogP contribution in [0.15, 0.2) is 6.07 Å². The Bertz CT molecular complexity index is 422. The third-order valence-electron chi connectivity index (χ3n) is 4.24. The van der Waals surface area contributed by atoms with Crippen LogP contribution in [0.5, 0.6) is 0 Å². The molecule has 0 aliphatic heterocycles. The average Bonchev–Trinajstić information content (AvgIpc) is 3.30. The van der Waals surface area contributed by atoms with Crippen LogP contribution in [0, 0.1) is 5.92 Å². The van der Waals surface area contributed by atoms with Gasteiger partial charge in [-0.3, -0.25) is 0 Å². The zero-order valence-corrected chi connectivity index (χ0v) is 11.8. The fourth-order valence-corrected chi connectivity index (χ4v) is 2.85. The lowest BCUT2D eigenvalue weighted by molar-refractivity contribution is 0.373. The summed E-state index contributed by atoms with van der Waals surface area (Å²) in [6.07, 6.45) is 9.43. The lowest BCUT2D eigenvalue weighted by Crippen LogP contribution is -2.18. The van der Waals surface area contributed by atoms with Crippen LogP contribution in [-0.2, 0) is 0 Å². The molecule has 1 aromatic rings. The number of nitrogens with one attached hydrogen (secondary N) is 2. The van der Waals surface area contributed by atoms with Gasteiger partial charge in [-0.2, -0.15) is 0 Å². The highest BCUT2D eigenvalue weighted by molar-refractivity contribution is 5.47. The van der Waals surface area contributed by atoms with E-state index >= 15 is 0 Å². The first-order valence-corrected chi connectivity index (χ1v) is 7.66. The number of hydrogen-bond donors (Lipinski definition) is 2. The van der Waals surface area contributed by atoms with Crippen molar-refractivity contribution in [1.82, 2.24) is 9.97 Å². The molecule has 19 heavy (non-hydrogen) atoms. The van der Waals surface area contributed by atoms with Gasteiger partial charge in [0.2, 0.25) is 0 Å². The largest absolute Gasteiger partial charge is 0.373 e. The Balaban J connectivity index is 1.63. The highest BCUT2D eigenvalue weighted by Crippen LogP contribution is 2.38. The summed E-state index contributed by atoms with van der Waals surface area (Å²) in [4.78, 5) is 9.21. The number of anilines is 2. The summed E-state index contributed by atoms with van der Waals surface area (Å²) in [7, 11) is 1.92. The molecule has 4 nitrogen and oxygen atoms in total. The first kappa shape index (κ1) is 12.7. The molecule has 0 amide bonds. The van der Waals surface area contributed by atoms with Crippen molar-refractivity contribution in [3.8, 4) is 0 Å². The third-order valence-corrected chi connectivity index (χ3v) is 4.24. The molecular formula is C15H24N4. The van der Waals surface area contributed by atoms with Crippen LogP contribution in [0.2, 0.25) is 0 Å². The molecule has 1 heterocycles. The molecule has 2 aliphatic rings. The number of nitrogens with zero attached hydrogens (tertiary/aromatic N) is 2. The Kier molecular flexibility index (Phi) is 3.85. The summed E-state index contributed by atoms with van der Waals surface area (Å²) < 4.78 is 0. The predicted molar refractivity (Wildman–Crippen MR) is 78.6 cm³/mol. The van der Waals surface area contributed by atoms with Gasteiger partial charge in [0.05, 0.1) is 0 Å². The van der Waals surface area contributed by atoms with Gasteiger partial charge >= 0.3 is 0 Å². The second-order valence-electron chi connectivity index (χ2n) is 5.91. The molecule has 1 aromatic heterocycles. The second kappa shape index (κ2) is 5.76. The van der Waals surface area contributed by atoms with Crippen LogP contribution in [0.4, 0.5) is 11.6 Å². The zero-order valence-electron chi connectivity index (χ0n) is 11.8. The highest BCUT2D eigenvalue weighted by atomic mass is 15.1. The lowest BCUT2D eigenvalue weighted by atomic mass is 9.89. The molecule has 2 fully saturated rings. The quantitative estimate of drug-likeness (QED) is 0.852. The Labute approximate surface area is 115 Å². The van der Waals surface area contributed by atoms with E-state index in [2.05, 4.69) is 20.6 Å². The summed E-state index contributed by atoms with van der Waals surface area (Å²) in [6.45, 7) is 1.06. The molecule has 2 N–H and O–H groups in total. The van der Waals surface area contributed by atoms with Crippen LogP contribution < -0.4 is 10.6 Å². The number of hydrogen-bond acceptors (Lipinski definition) is 4. The summed E-state index contributed by atoms with van der Waals surface area (Å²) in [6, 6.07) is 2.02. The highest BCUT2D eigenvalue weighted by Gasteiger charge is 2.27. The van der Waals surface area contributed by atoms with Crippen LogP contribution in [-0.4, -0.2) is 23.6 Å². The number of aromatic nitrogens is 2. The van der Waals surface area contributed by atoms with Gasteiger partial charge in [-0.15, -0.1) is 0 Å². The van der Waals surface area contributed by atoms with Gasteiger partial charge in [-0.1, -0.05) is 19.3 Å². The van der Waals surface area contributed by atoms with E-state index in [0.717, 1.165) is 29.9 Å². The predicted octanol–water partition coefficient (Wildman–Crippen LogP) is 3.39. The minimum atomic E-state index is 0.600. The fourth-order valence-electron chi connectivity index (χ4n) is 2.85. The van der Waals surface area contributed by atoms with E-state index in [-0.39, 0.29) is 0 Å². The molecule has 0 saturated heterocycles. The maximum Gasteiger partial charge on any atom is 0.136 e. The monoisotopic (exact) mass is 260 g/mol. The lowest BCUT2D eigenvalue weighted by Gasteiger charge is -2.22. The van der Waals surface area contributed by atoms with Crippen molar-refractivity contribution in [2.75, 3.05) is 24.2 Å². The fraction of sp³-hybridized carbons (Fsp3) is 0.733. The molecule has 3 rings (SSSR count). The van der Waals surface area contributed by atoms with Gasteiger partial charge in [-0.05, 0) is 31.6 Å². The second-order valence-corrected chi connectivity index (χ2v) is 5.91. The maximum atomic E-state index is 4.67. The molecule has 2 aliphatic carbocycles. The van der Waals surface area contributed by atoms with Crippen molar-refractivity contribution in [2.45, 2.75) is 50.9 Å². The normalized spacial score (nSPS) is 20.3. The van der Waals surface area contributed by atoms with E-state index in [1.807, 2.05) is 13.1 Å². The molecule has 0 spiro atoms. The average molecular weight is 260 g/mol. The van der Waals surface area contributed by atoms with Crippen LogP contribution >= 0.6 is 0 Å². The summed E-state index contributed by atoms with van der Waals surface area (Å²) >= 11 is 0. The smallest absolute Gasteiger partial charge is 0.136 e. The molecule has 0 radical (unpaired) electrons. The SMILES string of the molecule is CNc1cc(NCC2CCCCC2)nc(C2CC2)n1. The number of rotatable bonds is 5. The topological polar surface area (TPSA) is 49.8 Å². The van der Waals surface area contributed by atoms with Crippen molar-refractivity contribution >= 4 is 11.6 Å². The molecule has 4 heteroatoms. The van der Waals surface area contributed by atoms with Crippen LogP contribution in [0.25, 0.3) is 0 Å². The van der Waals surface area contributed by atoms with E-state index in [0.29, 0.717) is 5.92 Å². The first-order valence-electron chi connectivity index (χ1n) is 7.66. The minimum Gasteiger partial charge on any atom is -0.373 e. The van der Waals surface area contributed by atoms with Crippen molar-refractivity contribution in [3.63, 3.8) is 0 Å². The van der Waals surface area contributed by atoms with Crippen molar-refractivity contribution in [3.05, 3.63) is 11.9 Å². The maximum absolute atomic E-state index is 4.67. The van der Waals surface area contributed by atoms with Gasteiger partial charge < -0.3 is 10.6 Å². The Morgan fingerprint density at radius 3 is 2.47 bits per heavy atom. The van der Waals surface area contributed by atoms with Crippen molar-refractivity contribution in [2.24, 2.45) is 5.92 Å². The van der Waals surface area contributed by atoms with E-state index in [1.165, 1.54) is 44.9 Å². The van der Waals surface area contributed by atoms with Crippen molar-refractivity contribution in [1.29, 1.82) is 0 Å². The zero-order chi connectivity index (χ0) is 13.1. The molecule has 2 saturated carbocycles. The molecule has 0 bridgehead atoms. The first-order chi connectivity index (χ1) is 9.35. The van der Waals surface area contributed by atoms with E-state index in [1.54, 1.807) is 0 Å². The molecule has 0 aromatic carbocycles. The third kappa shape index (κ3) is 3.37. The van der Waals surface area contributed by atoms with Crippen LogP contribution in [0.3, 0.4) is 0 Å². The standard InChI is InChI=1S/C15H24N4/c1-16-13-9-14(19-15(18-13)12-7-8-12)17-10-11-5-3-2-4-6-11/h9,11-12H,2-8,10H2,1H3,(H2,16,17,18,19). The summed E-state index contributed by atoms with van der Waals surface area (Å²) in [5, 5.41) is 6.66. The minimum absolute atomic E-state index is 0.600. The van der Waals surface area contributed by atoms with E-state index < -0.39 is 0 Å². The summed E-state index contributed by atoms with van der Waals surface area (Å²) in [5.41, 5.74) is 0. The molecule has 0 unspecified atom stereocenters. The van der Waals surface area contributed by atoms with Gasteiger partial charge in [0.1, 0.15) is 17.5 Å². The van der Waals surface area contributed by atoms with E-state index in [4.69, 9.17) is 0 Å².